The van der Waals surface area contributed by atoms with Crippen molar-refractivity contribution in [2.45, 2.75) is 13.0 Å². The lowest BCUT2D eigenvalue weighted by molar-refractivity contribution is -0.119. The Balaban J connectivity index is 1.93. The molecule has 0 aliphatic rings. The highest BCUT2D eigenvalue weighted by atomic mass is 35.5. The maximum absolute atomic E-state index is 11.9. The summed E-state index contributed by atoms with van der Waals surface area (Å²) in [6.07, 6.45) is 0.909. The molecule has 0 atom stereocenters. The van der Waals surface area contributed by atoms with Crippen molar-refractivity contribution in [3.05, 3.63) is 64.6 Å². The summed E-state index contributed by atoms with van der Waals surface area (Å²) in [4.78, 5) is 11.9. The number of sulfonamides is 1. The fourth-order valence-corrected chi connectivity index (χ4v) is 3.43. The first-order valence-corrected chi connectivity index (χ1v) is 11.0. The second-order valence-corrected chi connectivity index (χ2v) is 8.82. The van der Waals surface area contributed by atoms with Gasteiger partial charge in [0.1, 0.15) is 0 Å². The lowest BCUT2D eigenvalue weighted by Gasteiger charge is -2.08. The highest BCUT2D eigenvalue weighted by Crippen LogP contribution is 2.28. The molecule has 0 unspecified atom stereocenters. The summed E-state index contributed by atoms with van der Waals surface area (Å²) in [5, 5.41) is 5.82. The van der Waals surface area contributed by atoms with Gasteiger partial charge >= 0.3 is 0 Å². The smallest absolute Gasteiger partial charge is 0.235 e. The molecule has 1 amide bonds. The zero-order chi connectivity index (χ0) is 20.3. The van der Waals surface area contributed by atoms with E-state index in [1.807, 2.05) is 35.1 Å². The van der Waals surface area contributed by atoms with Crippen LogP contribution < -0.4 is 4.72 Å². The molecule has 0 aliphatic heterocycles. The van der Waals surface area contributed by atoms with Crippen molar-refractivity contribution < 1.29 is 13.2 Å². The first-order chi connectivity index (χ1) is 13.2. The van der Waals surface area contributed by atoms with Gasteiger partial charge in [-0.05, 0) is 35.9 Å². The van der Waals surface area contributed by atoms with Gasteiger partial charge in [0.15, 0.2) is 0 Å². The third-order valence-corrected chi connectivity index (χ3v) is 5.01. The number of rotatable bonds is 6. The molecule has 0 spiro atoms. The fraction of sp³-hybridized carbons (Fsp3) is 0.158. The molecule has 3 rings (SSSR count). The maximum Gasteiger partial charge on any atom is 0.235 e. The van der Waals surface area contributed by atoms with E-state index in [0.717, 1.165) is 23.1 Å². The average molecular weight is 438 g/mol. The minimum absolute atomic E-state index is 0.0323. The molecule has 1 aromatic heterocycles. The molecule has 0 radical (unpaired) electrons. The van der Waals surface area contributed by atoms with Crippen LogP contribution in [-0.2, 0) is 21.4 Å². The van der Waals surface area contributed by atoms with E-state index >= 15 is 0 Å². The summed E-state index contributed by atoms with van der Waals surface area (Å²) >= 11 is 11.9. The van der Waals surface area contributed by atoms with Crippen LogP contribution in [0.25, 0.3) is 22.5 Å². The van der Waals surface area contributed by atoms with Gasteiger partial charge in [0.25, 0.3) is 0 Å². The molecular formula is C19H17Cl2N3O3S. The Hall–Kier alpha value is -2.35. The second kappa shape index (κ2) is 8.34. The quantitative estimate of drug-likeness (QED) is 0.631. The molecule has 0 saturated carbocycles. The van der Waals surface area contributed by atoms with E-state index in [1.165, 1.54) is 0 Å². The van der Waals surface area contributed by atoms with Crippen LogP contribution in [0.5, 0.6) is 0 Å². The molecule has 0 fully saturated rings. The van der Waals surface area contributed by atoms with E-state index in [-0.39, 0.29) is 13.0 Å². The second-order valence-electron chi connectivity index (χ2n) is 6.20. The Labute approximate surface area is 173 Å². The van der Waals surface area contributed by atoms with Crippen LogP contribution in [0.3, 0.4) is 0 Å². The third-order valence-electron chi connectivity index (χ3n) is 3.91. The SMILES string of the molecule is CS(=O)(=O)NC(=O)CCn1nc(-c2ccc(Cl)cc2)cc1-c1ccc(Cl)cc1. The number of benzene rings is 2. The number of amides is 1. The van der Waals surface area contributed by atoms with Gasteiger partial charge in [-0.3, -0.25) is 14.2 Å². The number of hydrogen-bond donors (Lipinski definition) is 1. The van der Waals surface area contributed by atoms with Crippen LogP contribution in [0.1, 0.15) is 6.42 Å². The molecule has 9 heteroatoms. The number of hydrogen-bond acceptors (Lipinski definition) is 4. The number of aryl methyl sites for hydroxylation is 1. The van der Waals surface area contributed by atoms with Crippen molar-refractivity contribution in [3.8, 4) is 22.5 Å². The Morgan fingerprint density at radius 1 is 1.00 bits per heavy atom. The van der Waals surface area contributed by atoms with Crippen LogP contribution in [0.4, 0.5) is 0 Å². The first kappa shape index (κ1) is 20.4. The summed E-state index contributed by atoms with van der Waals surface area (Å²) in [6, 6.07) is 16.4. The zero-order valence-electron chi connectivity index (χ0n) is 14.9. The third kappa shape index (κ3) is 5.34. The fourth-order valence-electron chi connectivity index (χ4n) is 2.67. The van der Waals surface area contributed by atoms with E-state index < -0.39 is 15.9 Å². The number of aromatic nitrogens is 2. The number of nitrogens with one attached hydrogen (secondary N) is 1. The molecule has 2 aromatic carbocycles. The zero-order valence-corrected chi connectivity index (χ0v) is 17.2. The molecular weight excluding hydrogens is 421 g/mol. The average Bonchev–Trinajstić information content (AvgIpc) is 3.04. The number of halogens is 2. The van der Waals surface area contributed by atoms with Crippen molar-refractivity contribution in [2.75, 3.05) is 6.26 Å². The first-order valence-electron chi connectivity index (χ1n) is 8.31. The van der Waals surface area contributed by atoms with Gasteiger partial charge in [-0.25, -0.2) is 8.42 Å². The Bertz CT molecular complexity index is 1090. The predicted octanol–water partition coefficient (Wildman–Crippen LogP) is 3.99. The van der Waals surface area contributed by atoms with Crippen LogP contribution in [0, 0.1) is 0 Å². The summed E-state index contributed by atoms with van der Waals surface area (Å²) in [6.45, 7) is 0.215. The lowest BCUT2D eigenvalue weighted by Crippen LogP contribution is -2.30. The van der Waals surface area contributed by atoms with E-state index in [1.54, 1.807) is 28.9 Å². The molecule has 0 saturated heterocycles. The van der Waals surface area contributed by atoms with Gasteiger partial charge in [0.2, 0.25) is 15.9 Å². The molecule has 3 aromatic rings. The van der Waals surface area contributed by atoms with Gasteiger partial charge in [-0.2, -0.15) is 5.10 Å². The number of carbonyl (C=O) groups excluding carboxylic acids is 1. The molecule has 6 nitrogen and oxygen atoms in total. The topological polar surface area (TPSA) is 81.1 Å². The van der Waals surface area contributed by atoms with E-state index in [4.69, 9.17) is 23.2 Å². The standard InChI is InChI=1S/C19H17Cl2N3O3S/c1-28(26,27)23-19(25)10-11-24-18(14-4-8-16(21)9-5-14)12-17(22-24)13-2-6-15(20)7-3-13/h2-9,12H,10-11H2,1H3,(H,23,25). The van der Waals surface area contributed by atoms with Crippen molar-refractivity contribution >= 4 is 39.1 Å². The Kier molecular flexibility index (Phi) is 6.07. The van der Waals surface area contributed by atoms with Crippen molar-refractivity contribution in [1.29, 1.82) is 0 Å². The largest absolute Gasteiger partial charge is 0.274 e. The summed E-state index contributed by atoms with van der Waals surface area (Å²) in [7, 11) is -3.59. The summed E-state index contributed by atoms with van der Waals surface area (Å²) in [5.74, 6) is -0.590. The summed E-state index contributed by atoms with van der Waals surface area (Å²) < 4.78 is 26.1. The van der Waals surface area contributed by atoms with E-state index in [9.17, 15) is 13.2 Å². The van der Waals surface area contributed by atoms with Crippen LogP contribution in [0.2, 0.25) is 10.0 Å². The van der Waals surface area contributed by atoms with Crippen molar-refractivity contribution in [3.63, 3.8) is 0 Å². The summed E-state index contributed by atoms with van der Waals surface area (Å²) in [5.41, 5.74) is 3.25. The monoisotopic (exact) mass is 437 g/mol. The normalized spacial score (nSPS) is 11.4. The van der Waals surface area contributed by atoms with Gasteiger partial charge < -0.3 is 0 Å². The van der Waals surface area contributed by atoms with Crippen LogP contribution >= 0.6 is 23.2 Å². The highest BCUT2D eigenvalue weighted by molar-refractivity contribution is 7.89. The predicted molar refractivity (Wildman–Crippen MR) is 111 cm³/mol. The Morgan fingerprint density at radius 2 is 1.54 bits per heavy atom. The molecule has 146 valence electrons. The van der Waals surface area contributed by atoms with Crippen molar-refractivity contribution in [2.24, 2.45) is 0 Å². The molecule has 28 heavy (non-hydrogen) atoms. The molecule has 1 N–H and O–H groups in total. The molecule has 0 aliphatic carbocycles. The minimum atomic E-state index is -3.59. The maximum atomic E-state index is 11.9. The van der Waals surface area contributed by atoms with Crippen molar-refractivity contribution in [1.82, 2.24) is 14.5 Å². The highest BCUT2D eigenvalue weighted by Gasteiger charge is 2.14. The molecule has 0 bridgehead atoms. The lowest BCUT2D eigenvalue weighted by atomic mass is 10.1. The number of nitrogens with zero attached hydrogens (tertiary/aromatic N) is 2. The van der Waals surface area contributed by atoms with E-state index in [2.05, 4.69) is 5.10 Å². The van der Waals surface area contributed by atoms with Gasteiger partial charge in [0.05, 0.1) is 24.2 Å². The molecule has 1 heterocycles. The van der Waals surface area contributed by atoms with E-state index in [0.29, 0.717) is 15.7 Å². The van der Waals surface area contributed by atoms with Gasteiger partial charge in [0, 0.05) is 22.0 Å². The van der Waals surface area contributed by atoms with Gasteiger partial charge in [-0.15, -0.1) is 0 Å². The van der Waals surface area contributed by atoms with Crippen LogP contribution in [0.15, 0.2) is 54.6 Å². The minimum Gasteiger partial charge on any atom is -0.274 e. The Morgan fingerprint density at radius 3 is 2.07 bits per heavy atom. The number of carbonyl (C=O) groups is 1. The van der Waals surface area contributed by atoms with Crippen LogP contribution in [-0.4, -0.2) is 30.4 Å². The van der Waals surface area contributed by atoms with Gasteiger partial charge in [-0.1, -0.05) is 47.5 Å².